The summed E-state index contributed by atoms with van der Waals surface area (Å²) in [6.07, 6.45) is 2.02. The second kappa shape index (κ2) is 7.65. The predicted molar refractivity (Wildman–Crippen MR) is 103 cm³/mol. The molecule has 142 valence electrons. The molecule has 2 aromatic rings. The first kappa shape index (κ1) is 18.7. The average Bonchev–Trinajstić information content (AvgIpc) is 3.45. The van der Waals surface area contributed by atoms with Crippen molar-refractivity contribution in [1.29, 1.82) is 0 Å². The molecule has 27 heavy (non-hydrogen) atoms. The van der Waals surface area contributed by atoms with Crippen molar-refractivity contribution in [2.75, 3.05) is 12.4 Å². The van der Waals surface area contributed by atoms with Crippen molar-refractivity contribution in [3.8, 4) is 5.75 Å². The first-order valence-electron chi connectivity index (χ1n) is 8.89. The molecule has 7 nitrogen and oxygen atoms in total. The van der Waals surface area contributed by atoms with Crippen molar-refractivity contribution < 1.29 is 14.5 Å². The molecular weight excluding hydrogens is 346 g/mol. The maximum Gasteiger partial charge on any atom is 0.293 e. The molecule has 2 aromatic carbocycles. The summed E-state index contributed by atoms with van der Waals surface area (Å²) in [5.74, 6) is 0.315. The van der Waals surface area contributed by atoms with E-state index >= 15 is 0 Å². The number of hydrogen-bond donors (Lipinski definition) is 2. The number of nitrogens with one attached hydrogen (secondary N) is 2. The first-order chi connectivity index (χ1) is 12.9. The molecule has 1 atom stereocenters. The molecule has 0 bridgehead atoms. The minimum Gasteiger partial charge on any atom is -0.496 e. The lowest BCUT2D eigenvalue weighted by Crippen LogP contribution is -2.27. The molecule has 0 radical (unpaired) electrons. The van der Waals surface area contributed by atoms with Gasteiger partial charge in [0.2, 0.25) is 0 Å². The fourth-order valence-electron chi connectivity index (χ4n) is 2.94. The van der Waals surface area contributed by atoms with Crippen LogP contribution in [0.4, 0.5) is 11.4 Å². The van der Waals surface area contributed by atoms with Crippen molar-refractivity contribution in [2.24, 2.45) is 0 Å². The quantitative estimate of drug-likeness (QED) is 0.569. The third-order valence-corrected chi connectivity index (χ3v) is 4.59. The lowest BCUT2D eigenvalue weighted by molar-refractivity contribution is -0.384. The van der Waals surface area contributed by atoms with Crippen molar-refractivity contribution in [2.45, 2.75) is 38.8 Å². The number of aryl methyl sites for hydroxylation is 1. The number of nitro groups is 1. The molecule has 0 spiro atoms. The van der Waals surface area contributed by atoms with Gasteiger partial charge in [0, 0.05) is 23.2 Å². The Hall–Kier alpha value is -3.09. The molecule has 0 unspecified atom stereocenters. The SMILES string of the molecule is COc1ccc(C)cc1[C@@H](C)NC(=O)c1ccc(NC2CC2)c([N+](=O)[O-])c1. The molecule has 0 aromatic heterocycles. The molecule has 3 rings (SSSR count). The Morgan fingerprint density at radius 2 is 2.00 bits per heavy atom. The highest BCUT2D eigenvalue weighted by Gasteiger charge is 2.26. The molecule has 1 amide bonds. The minimum absolute atomic E-state index is 0.0876. The van der Waals surface area contributed by atoms with Crippen LogP contribution in [0.5, 0.6) is 5.75 Å². The zero-order valence-corrected chi connectivity index (χ0v) is 15.6. The number of nitro benzene ring substituents is 1. The van der Waals surface area contributed by atoms with Gasteiger partial charge >= 0.3 is 0 Å². The molecule has 1 aliphatic rings. The maximum absolute atomic E-state index is 12.6. The lowest BCUT2D eigenvalue weighted by atomic mass is 10.0. The second-order valence-corrected chi connectivity index (χ2v) is 6.85. The summed E-state index contributed by atoms with van der Waals surface area (Å²) >= 11 is 0. The number of carbonyl (C=O) groups is 1. The van der Waals surface area contributed by atoms with Gasteiger partial charge in [-0.25, -0.2) is 0 Å². The number of rotatable bonds is 7. The Bertz CT molecular complexity index is 878. The summed E-state index contributed by atoms with van der Waals surface area (Å²) in [4.78, 5) is 23.6. The normalized spacial score (nSPS) is 14.3. The summed E-state index contributed by atoms with van der Waals surface area (Å²) in [6, 6.07) is 10.3. The van der Waals surface area contributed by atoms with Gasteiger partial charge in [-0.1, -0.05) is 17.7 Å². The second-order valence-electron chi connectivity index (χ2n) is 6.85. The van der Waals surface area contributed by atoms with Crippen LogP contribution in [0.1, 0.15) is 47.3 Å². The number of carbonyl (C=O) groups excluding carboxylic acids is 1. The third kappa shape index (κ3) is 4.36. The van der Waals surface area contributed by atoms with E-state index in [1.807, 2.05) is 32.0 Å². The van der Waals surface area contributed by atoms with Crippen LogP contribution in [0.2, 0.25) is 0 Å². The number of methoxy groups -OCH3 is 1. The predicted octanol–water partition coefficient (Wildman–Crippen LogP) is 3.98. The number of ether oxygens (including phenoxy) is 1. The molecule has 0 saturated heterocycles. The highest BCUT2D eigenvalue weighted by atomic mass is 16.6. The van der Waals surface area contributed by atoms with Crippen LogP contribution in [0, 0.1) is 17.0 Å². The minimum atomic E-state index is -0.464. The largest absolute Gasteiger partial charge is 0.496 e. The van der Waals surface area contributed by atoms with Gasteiger partial charge in [0.1, 0.15) is 11.4 Å². The Morgan fingerprint density at radius 1 is 1.26 bits per heavy atom. The van der Waals surface area contributed by atoms with E-state index in [2.05, 4.69) is 10.6 Å². The van der Waals surface area contributed by atoms with E-state index in [0.717, 1.165) is 24.0 Å². The number of benzene rings is 2. The average molecular weight is 369 g/mol. The van der Waals surface area contributed by atoms with Crippen LogP contribution in [-0.2, 0) is 0 Å². The van der Waals surface area contributed by atoms with E-state index in [9.17, 15) is 14.9 Å². The molecule has 1 saturated carbocycles. The van der Waals surface area contributed by atoms with Gasteiger partial charge in [0.05, 0.1) is 18.1 Å². The van der Waals surface area contributed by atoms with Crippen molar-refractivity contribution in [3.05, 3.63) is 63.2 Å². The Balaban J connectivity index is 1.80. The molecule has 0 heterocycles. The van der Waals surface area contributed by atoms with Crippen molar-refractivity contribution >= 4 is 17.3 Å². The summed E-state index contributed by atoms with van der Waals surface area (Å²) < 4.78 is 5.37. The molecule has 1 fully saturated rings. The van der Waals surface area contributed by atoms with E-state index in [0.29, 0.717) is 11.4 Å². The zero-order valence-electron chi connectivity index (χ0n) is 15.6. The van der Waals surface area contributed by atoms with Crippen LogP contribution < -0.4 is 15.4 Å². The summed E-state index contributed by atoms with van der Waals surface area (Å²) in [5.41, 5.74) is 2.52. The van der Waals surface area contributed by atoms with Crippen LogP contribution in [0.15, 0.2) is 36.4 Å². The van der Waals surface area contributed by atoms with E-state index in [-0.39, 0.29) is 29.2 Å². The fourth-order valence-corrected chi connectivity index (χ4v) is 2.94. The van der Waals surface area contributed by atoms with E-state index in [1.165, 1.54) is 6.07 Å². The van der Waals surface area contributed by atoms with Crippen LogP contribution in [0.25, 0.3) is 0 Å². The van der Waals surface area contributed by atoms with Crippen LogP contribution in [-0.4, -0.2) is 24.0 Å². The van der Waals surface area contributed by atoms with Gasteiger partial charge in [-0.2, -0.15) is 0 Å². The Morgan fingerprint density at radius 3 is 2.63 bits per heavy atom. The first-order valence-corrected chi connectivity index (χ1v) is 8.89. The summed E-state index contributed by atoms with van der Waals surface area (Å²) in [5, 5.41) is 17.4. The van der Waals surface area contributed by atoms with Crippen LogP contribution >= 0.6 is 0 Å². The summed E-state index contributed by atoms with van der Waals surface area (Å²) in [7, 11) is 1.58. The molecular formula is C20H23N3O4. The third-order valence-electron chi connectivity index (χ3n) is 4.59. The van der Waals surface area contributed by atoms with Crippen molar-refractivity contribution in [3.63, 3.8) is 0 Å². The maximum atomic E-state index is 12.6. The van der Waals surface area contributed by atoms with Crippen LogP contribution in [0.3, 0.4) is 0 Å². The van der Waals surface area contributed by atoms with Gasteiger partial charge in [0.15, 0.2) is 0 Å². The van der Waals surface area contributed by atoms with E-state index < -0.39 is 4.92 Å². The van der Waals surface area contributed by atoms with Gasteiger partial charge in [-0.05, 0) is 44.9 Å². The standard InChI is InChI=1S/C20H23N3O4/c1-12-4-9-19(27-3)16(10-12)13(2)21-20(24)14-5-8-17(22-15-6-7-15)18(11-14)23(25)26/h4-5,8-11,13,15,22H,6-7H2,1-3H3,(H,21,24)/t13-/m1/s1. The molecule has 2 N–H and O–H groups in total. The number of amides is 1. The Labute approximate surface area is 157 Å². The highest BCUT2D eigenvalue weighted by Crippen LogP contribution is 2.32. The smallest absolute Gasteiger partial charge is 0.293 e. The highest BCUT2D eigenvalue weighted by molar-refractivity contribution is 5.96. The lowest BCUT2D eigenvalue weighted by Gasteiger charge is -2.18. The van der Waals surface area contributed by atoms with E-state index in [1.54, 1.807) is 19.2 Å². The number of nitrogens with zero attached hydrogens (tertiary/aromatic N) is 1. The Kier molecular flexibility index (Phi) is 5.30. The molecule has 7 heteroatoms. The van der Waals surface area contributed by atoms with Crippen molar-refractivity contribution in [1.82, 2.24) is 5.32 Å². The number of anilines is 1. The molecule has 0 aliphatic heterocycles. The van der Waals surface area contributed by atoms with E-state index in [4.69, 9.17) is 4.74 Å². The fraction of sp³-hybridized carbons (Fsp3) is 0.350. The van der Waals surface area contributed by atoms with Gasteiger partial charge in [0.25, 0.3) is 11.6 Å². The topological polar surface area (TPSA) is 93.5 Å². The van der Waals surface area contributed by atoms with Gasteiger partial charge in [-0.3, -0.25) is 14.9 Å². The molecule has 1 aliphatic carbocycles. The summed E-state index contributed by atoms with van der Waals surface area (Å²) in [6.45, 7) is 3.82. The van der Waals surface area contributed by atoms with Gasteiger partial charge in [-0.15, -0.1) is 0 Å². The monoisotopic (exact) mass is 369 g/mol. The number of hydrogen-bond acceptors (Lipinski definition) is 5. The zero-order chi connectivity index (χ0) is 19.6. The van der Waals surface area contributed by atoms with Gasteiger partial charge < -0.3 is 15.4 Å².